The van der Waals surface area contributed by atoms with E-state index >= 15 is 0 Å². The van der Waals surface area contributed by atoms with Crippen molar-refractivity contribution in [1.29, 1.82) is 0 Å². The van der Waals surface area contributed by atoms with Gasteiger partial charge in [0.2, 0.25) is 0 Å². The molecule has 0 aromatic heterocycles. The molecule has 11 heteroatoms. The van der Waals surface area contributed by atoms with Crippen molar-refractivity contribution in [2.75, 3.05) is 10.8 Å². The Balaban J connectivity index is 1.23. The Morgan fingerprint density at radius 1 is 0.860 bits per heavy atom. The highest BCUT2D eigenvalue weighted by atomic mass is 32.2. The minimum absolute atomic E-state index is 0.0348. The number of fused-ring (bicyclic) bond motifs is 1. The van der Waals surface area contributed by atoms with Crippen LogP contribution in [0.1, 0.15) is 11.1 Å². The van der Waals surface area contributed by atoms with Crippen LogP contribution >= 0.6 is 0 Å². The Morgan fingerprint density at radius 3 is 2.26 bits per heavy atom. The molecule has 216 valence electrons. The largest absolute Gasteiger partial charge is 0.489 e. The molecule has 10 nitrogen and oxygen atoms in total. The zero-order valence-electron chi connectivity index (χ0n) is 22.7. The molecule has 0 fully saturated rings. The Labute approximate surface area is 248 Å². The van der Waals surface area contributed by atoms with E-state index in [1.165, 1.54) is 42.6 Å². The molecule has 0 heterocycles. The summed E-state index contributed by atoms with van der Waals surface area (Å²) >= 11 is 0. The Kier molecular flexibility index (Phi) is 8.73. The first-order chi connectivity index (χ1) is 20.8. The third-order valence-electron chi connectivity index (χ3n) is 6.52. The first-order valence-electron chi connectivity index (χ1n) is 13.1. The number of benzene rings is 5. The van der Waals surface area contributed by atoms with Gasteiger partial charge in [-0.05, 0) is 70.4 Å². The second-order valence-corrected chi connectivity index (χ2v) is 11.2. The number of sulfonamides is 1. The summed E-state index contributed by atoms with van der Waals surface area (Å²) in [7, 11) is -4.17. The maximum atomic E-state index is 13.4. The van der Waals surface area contributed by atoms with Crippen LogP contribution in [0.4, 0.5) is 11.4 Å². The zero-order chi connectivity index (χ0) is 30.2. The van der Waals surface area contributed by atoms with Gasteiger partial charge in [-0.3, -0.25) is 19.2 Å². The molecule has 0 atom stereocenters. The molecule has 0 aliphatic heterocycles. The van der Waals surface area contributed by atoms with Crippen LogP contribution in [0.2, 0.25) is 0 Å². The SMILES string of the molecule is O=C(CN(c1ccc([N+](=O)[O-])cc1)S(=O)(=O)c1ccccc1)N/N=C\c1ccc(OCc2cccc3ccccc23)cc1. The number of nitrogens with one attached hydrogen (secondary N) is 1. The molecule has 43 heavy (non-hydrogen) atoms. The third kappa shape index (κ3) is 7.03. The van der Waals surface area contributed by atoms with E-state index in [9.17, 15) is 23.3 Å². The number of non-ortho nitro benzene ring substituents is 1. The van der Waals surface area contributed by atoms with E-state index in [4.69, 9.17) is 4.74 Å². The lowest BCUT2D eigenvalue weighted by Crippen LogP contribution is -2.39. The van der Waals surface area contributed by atoms with Crippen molar-refractivity contribution in [1.82, 2.24) is 5.43 Å². The molecule has 5 aromatic carbocycles. The van der Waals surface area contributed by atoms with Gasteiger partial charge in [0, 0.05) is 12.1 Å². The van der Waals surface area contributed by atoms with E-state index < -0.39 is 27.4 Å². The summed E-state index contributed by atoms with van der Waals surface area (Å²) in [6.07, 6.45) is 1.42. The molecule has 1 N–H and O–H groups in total. The van der Waals surface area contributed by atoms with Crippen LogP contribution in [0, 0.1) is 10.1 Å². The van der Waals surface area contributed by atoms with Crippen LogP contribution in [0.3, 0.4) is 0 Å². The lowest BCUT2D eigenvalue weighted by molar-refractivity contribution is -0.384. The van der Waals surface area contributed by atoms with Crippen molar-refractivity contribution in [3.05, 3.63) is 143 Å². The quantitative estimate of drug-likeness (QED) is 0.119. The average molecular weight is 595 g/mol. The van der Waals surface area contributed by atoms with Gasteiger partial charge in [0.05, 0.1) is 21.7 Å². The van der Waals surface area contributed by atoms with E-state index in [1.807, 2.05) is 24.3 Å². The van der Waals surface area contributed by atoms with Crippen LogP contribution in [-0.4, -0.2) is 32.0 Å². The van der Waals surface area contributed by atoms with Crippen LogP contribution < -0.4 is 14.5 Å². The molecule has 0 saturated heterocycles. The van der Waals surface area contributed by atoms with Gasteiger partial charge in [-0.15, -0.1) is 0 Å². The smallest absolute Gasteiger partial charge is 0.269 e. The predicted octanol–water partition coefficient (Wildman–Crippen LogP) is 5.67. The number of amides is 1. The van der Waals surface area contributed by atoms with E-state index in [1.54, 1.807) is 42.5 Å². The lowest BCUT2D eigenvalue weighted by Gasteiger charge is -2.23. The van der Waals surface area contributed by atoms with Crippen LogP contribution in [-0.2, 0) is 21.4 Å². The number of hydrazone groups is 1. The summed E-state index contributed by atoms with van der Waals surface area (Å²) in [6.45, 7) is -0.199. The molecule has 0 aliphatic carbocycles. The molecule has 0 aliphatic rings. The fourth-order valence-corrected chi connectivity index (χ4v) is 5.79. The number of carbonyl (C=O) groups excluding carboxylic acids is 1. The van der Waals surface area contributed by atoms with Crippen molar-refractivity contribution in [2.45, 2.75) is 11.5 Å². The standard InChI is InChI=1S/C32H26N4O6S/c37-32(22-35(27-15-17-28(18-16-27)36(38)39)43(40,41)30-10-2-1-3-11-30)34-33-21-24-13-19-29(20-14-24)42-23-26-9-6-8-25-7-4-5-12-31(25)26/h1-21H,22-23H2,(H,34,37)/b33-21-. The fourth-order valence-electron chi connectivity index (χ4n) is 4.35. The Hall–Kier alpha value is -5.55. The van der Waals surface area contributed by atoms with Crippen molar-refractivity contribution in [2.24, 2.45) is 5.10 Å². The number of anilines is 1. The number of carbonyl (C=O) groups is 1. The second-order valence-electron chi connectivity index (χ2n) is 9.39. The highest BCUT2D eigenvalue weighted by molar-refractivity contribution is 7.92. The molecule has 5 aromatic rings. The molecular formula is C32H26N4O6S. The first-order valence-corrected chi connectivity index (χ1v) is 14.6. The number of rotatable bonds is 11. The van der Waals surface area contributed by atoms with E-state index in [0.717, 1.165) is 20.6 Å². The summed E-state index contributed by atoms with van der Waals surface area (Å²) < 4.78 is 33.6. The van der Waals surface area contributed by atoms with E-state index in [-0.39, 0.29) is 16.3 Å². The molecule has 0 spiro atoms. The van der Waals surface area contributed by atoms with E-state index in [2.05, 4.69) is 28.7 Å². The number of nitro benzene ring substituents is 1. The van der Waals surface area contributed by atoms with Crippen LogP contribution in [0.5, 0.6) is 5.75 Å². The normalized spacial score (nSPS) is 11.3. The van der Waals surface area contributed by atoms with Crippen molar-refractivity contribution in [3.63, 3.8) is 0 Å². The molecular weight excluding hydrogens is 568 g/mol. The Bertz CT molecular complexity index is 1870. The number of nitrogens with zero attached hydrogens (tertiary/aromatic N) is 3. The first kappa shape index (κ1) is 29.0. The third-order valence-corrected chi connectivity index (χ3v) is 8.31. The van der Waals surface area contributed by atoms with Gasteiger partial charge in [-0.25, -0.2) is 13.8 Å². The minimum atomic E-state index is -4.17. The number of nitro groups is 1. The predicted molar refractivity (Wildman–Crippen MR) is 165 cm³/mol. The maximum absolute atomic E-state index is 13.4. The van der Waals surface area contributed by atoms with Crippen molar-refractivity contribution < 1.29 is 22.9 Å². The highest BCUT2D eigenvalue weighted by Gasteiger charge is 2.27. The number of hydrogen-bond acceptors (Lipinski definition) is 7. The van der Waals surface area contributed by atoms with Gasteiger partial charge < -0.3 is 4.74 Å². The monoisotopic (exact) mass is 594 g/mol. The fraction of sp³-hybridized carbons (Fsp3) is 0.0625. The molecule has 0 bridgehead atoms. The molecule has 0 unspecified atom stereocenters. The van der Waals surface area contributed by atoms with Gasteiger partial charge in [-0.2, -0.15) is 5.10 Å². The summed E-state index contributed by atoms with van der Waals surface area (Å²) in [5, 5.41) is 17.3. The second kappa shape index (κ2) is 13.0. The van der Waals surface area contributed by atoms with Crippen LogP contribution in [0.15, 0.2) is 131 Å². The van der Waals surface area contributed by atoms with Gasteiger partial charge in [0.15, 0.2) is 0 Å². The number of hydrogen-bond donors (Lipinski definition) is 1. The van der Waals surface area contributed by atoms with Crippen molar-refractivity contribution in [3.8, 4) is 5.75 Å². The minimum Gasteiger partial charge on any atom is -0.489 e. The molecule has 0 radical (unpaired) electrons. The summed E-state index contributed by atoms with van der Waals surface area (Å²) in [4.78, 5) is 23.2. The van der Waals surface area contributed by atoms with Gasteiger partial charge in [-0.1, -0.05) is 60.7 Å². The Morgan fingerprint density at radius 2 is 1.53 bits per heavy atom. The average Bonchev–Trinajstić information content (AvgIpc) is 3.03. The van der Waals surface area contributed by atoms with Crippen LogP contribution in [0.25, 0.3) is 10.8 Å². The summed E-state index contributed by atoms with van der Waals surface area (Å²) in [6, 6.07) is 33.8. The lowest BCUT2D eigenvalue weighted by atomic mass is 10.1. The highest BCUT2D eigenvalue weighted by Crippen LogP contribution is 2.26. The topological polar surface area (TPSA) is 131 Å². The molecule has 5 rings (SSSR count). The zero-order valence-corrected chi connectivity index (χ0v) is 23.6. The maximum Gasteiger partial charge on any atom is 0.269 e. The van der Waals surface area contributed by atoms with Gasteiger partial charge in [0.25, 0.3) is 21.6 Å². The van der Waals surface area contributed by atoms with Gasteiger partial charge >= 0.3 is 0 Å². The van der Waals surface area contributed by atoms with E-state index in [0.29, 0.717) is 17.9 Å². The molecule has 0 saturated carbocycles. The summed E-state index contributed by atoms with van der Waals surface area (Å²) in [5.41, 5.74) is 3.98. The van der Waals surface area contributed by atoms with Crippen molar-refractivity contribution >= 4 is 44.3 Å². The summed E-state index contributed by atoms with van der Waals surface area (Å²) in [5.74, 6) is -0.0388. The number of ether oxygens (including phenoxy) is 1. The molecule has 1 amide bonds. The van der Waals surface area contributed by atoms with Gasteiger partial charge in [0.1, 0.15) is 18.9 Å².